The number of pyridine rings is 1. The van der Waals surface area contributed by atoms with Crippen LogP contribution in [0.4, 0.5) is 0 Å². The fourth-order valence-corrected chi connectivity index (χ4v) is 17.8. The highest BCUT2D eigenvalue weighted by molar-refractivity contribution is 6.30. The van der Waals surface area contributed by atoms with E-state index in [0.717, 1.165) is 34.0 Å². The molecule has 0 radical (unpaired) electrons. The van der Waals surface area contributed by atoms with Gasteiger partial charge in [0.05, 0.1) is 78.1 Å². The van der Waals surface area contributed by atoms with E-state index in [2.05, 4.69) is 409 Å². The molecule has 0 bridgehead atoms. The van der Waals surface area contributed by atoms with Crippen LogP contribution >= 0.6 is 0 Å². The first kappa shape index (κ1) is 61.0. The Morgan fingerprint density at radius 3 is 0.870 bits per heavy atom. The molecule has 16 aromatic carbocycles. The average Bonchev–Trinajstić information content (AvgIpc) is 1.54. The van der Waals surface area contributed by atoms with Gasteiger partial charge in [-0.25, -0.2) is 0 Å². The summed E-state index contributed by atoms with van der Waals surface area (Å²) < 4.78 is 14.6. The summed E-state index contributed by atoms with van der Waals surface area (Å²) in [5.41, 5.74) is 28.3. The lowest BCUT2D eigenvalue weighted by molar-refractivity contribution is 1.13. The molecule has 0 aliphatic heterocycles. The summed E-state index contributed by atoms with van der Waals surface area (Å²) in [7, 11) is 0. The first-order valence-corrected chi connectivity index (χ1v) is 37.0. The summed E-state index contributed by atoms with van der Waals surface area (Å²) >= 11 is 0. The Bertz CT molecular complexity index is 7510. The number of rotatable bonds is 9. The Labute approximate surface area is 621 Å². The molecule has 0 saturated heterocycles. The van der Waals surface area contributed by atoms with E-state index >= 15 is 0 Å². The van der Waals surface area contributed by atoms with Gasteiger partial charge < -0.3 is 27.4 Å². The maximum Gasteiger partial charge on any atom is 0.0795 e. The second-order valence-corrected chi connectivity index (χ2v) is 28.1. The minimum absolute atomic E-state index is 1.04. The van der Waals surface area contributed by atoms with Crippen molar-refractivity contribution >= 4 is 131 Å². The highest BCUT2D eigenvalue weighted by Gasteiger charge is 2.28. The summed E-state index contributed by atoms with van der Waals surface area (Å²) in [6, 6.07) is 139. The van der Waals surface area contributed by atoms with Crippen LogP contribution in [0.3, 0.4) is 0 Å². The zero-order valence-corrected chi connectivity index (χ0v) is 58.7. The van der Waals surface area contributed by atoms with E-state index in [1.807, 2.05) is 18.5 Å². The number of fused-ring (bicyclic) bond motifs is 20. The Morgan fingerprint density at radius 1 is 0.167 bits per heavy atom. The van der Waals surface area contributed by atoms with E-state index in [9.17, 15) is 0 Å². The molecule has 7 aromatic heterocycles. The molecule has 7 heterocycles. The van der Waals surface area contributed by atoms with Gasteiger partial charge in [-0.1, -0.05) is 231 Å². The van der Waals surface area contributed by atoms with Crippen molar-refractivity contribution in [3.63, 3.8) is 0 Å². The fourth-order valence-electron chi connectivity index (χ4n) is 17.8. The Balaban J connectivity index is 0.000000135. The molecule has 23 aromatic rings. The average molecular weight is 1380 g/mol. The first-order valence-electron chi connectivity index (χ1n) is 37.0. The van der Waals surface area contributed by atoms with Crippen molar-refractivity contribution in [2.45, 2.75) is 0 Å². The SMILES string of the molecule is c1ccc(-n2c3ccccc3c3cc(-c4cc5c6ccccc6n(-c6ccccc6)c5c5c4c4ccccc4n5-c4cccnc4)ccc32)cc1.c1ccc(-n2c3ccccc3c3cc(-c4cccc(-c5cc6c7ccccc7n(-c7ccccc7)c6c6c5c5ccccc5n6-c5ccccc5)c4)ccc32)cc1. The molecule has 0 unspecified atom stereocenters. The van der Waals surface area contributed by atoms with Crippen molar-refractivity contribution in [1.82, 2.24) is 32.4 Å². The van der Waals surface area contributed by atoms with E-state index in [-0.39, 0.29) is 0 Å². The smallest absolute Gasteiger partial charge is 0.0795 e. The predicted molar refractivity (Wildman–Crippen MR) is 453 cm³/mol. The van der Waals surface area contributed by atoms with E-state index < -0.39 is 0 Å². The molecule has 0 aliphatic carbocycles. The Morgan fingerprint density at radius 2 is 0.454 bits per heavy atom. The van der Waals surface area contributed by atoms with Crippen molar-refractivity contribution in [3.05, 3.63) is 395 Å². The minimum atomic E-state index is 1.04. The second kappa shape index (κ2) is 24.6. The third-order valence-corrected chi connectivity index (χ3v) is 22.3. The van der Waals surface area contributed by atoms with Crippen LogP contribution < -0.4 is 0 Å². The maximum absolute atomic E-state index is 4.60. The van der Waals surface area contributed by atoms with Crippen LogP contribution in [-0.2, 0) is 0 Å². The van der Waals surface area contributed by atoms with Crippen molar-refractivity contribution in [2.24, 2.45) is 0 Å². The first-order chi connectivity index (χ1) is 53.7. The summed E-state index contributed by atoms with van der Waals surface area (Å²) in [6.45, 7) is 0. The van der Waals surface area contributed by atoms with Gasteiger partial charge >= 0.3 is 0 Å². The number of hydrogen-bond donors (Lipinski definition) is 0. The van der Waals surface area contributed by atoms with Crippen molar-refractivity contribution in [2.75, 3.05) is 0 Å². The molecule has 23 rings (SSSR count). The van der Waals surface area contributed by atoms with E-state index in [1.165, 1.54) is 164 Å². The maximum atomic E-state index is 4.60. The molecule has 0 N–H and O–H groups in total. The quantitative estimate of drug-likeness (QED) is 0.142. The monoisotopic (exact) mass is 1380 g/mol. The molecular weight excluding hydrogens is 1310 g/mol. The van der Waals surface area contributed by atoms with Crippen LogP contribution in [0, 0.1) is 0 Å². The number of nitrogens with zero attached hydrogens (tertiary/aromatic N) is 7. The van der Waals surface area contributed by atoms with Crippen LogP contribution in [0.5, 0.6) is 0 Å². The van der Waals surface area contributed by atoms with Gasteiger partial charge in [0, 0.05) is 99.3 Å². The molecule has 7 nitrogen and oxygen atoms in total. The highest BCUT2D eigenvalue weighted by atomic mass is 15.1. The lowest BCUT2D eigenvalue weighted by Crippen LogP contribution is -1.99. The molecule has 0 spiro atoms. The largest absolute Gasteiger partial charge is 0.309 e. The van der Waals surface area contributed by atoms with Crippen LogP contribution in [-0.4, -0.2) is 32.4 Å². The van der Waals surface area contributed by atoms with Gasteiger partial charge in [0.25, 0.3) is 0 Å². The van der Waals surface area contributed by atoms with Gasteiger partial charge in [-0.2, -0.15) is 0 Å². The molecule has 0 atom stereocenters. The number of hydrogen-bond acceptors (Lipinski definition) is 1. The van der Waals surface area contributed by atoms with Crippen LogP contribution in [0.2, 0.25) is 0 Å². The third-order valence-electron chi connectivity index (χ3n) is 22.3. The van der Waals surface area contributed by atoms with Gasteiger partial charge in [-0.3, -0.25) is 4.98 Å². The molecule has 108 heavy (non-hydrogen) atoms. The molecule has 0 aliphatic rings. The van der Waals surface area contributed by atoms with Crippen molar-refractivity contribution in [3.8, 4) is 67.5 Å². The number of aromatic nitrogens is 7. The zero-order valence-electron chi connectivity index (χ0n) is 58.7. The Hall–Kier alpha value is -14.5. The zero-order chi connectivity index (χ0) is 70.9. The number of benzene rings is 16. The summed E-state index contributed by atoms with van der Waals surface area (Å²) in [6.07, 6.45) is 3.82. The molecule has 0 amide bonds. The third kappa shape index (κ3) is 9.32. The van der Waals surface area contributed by atoms with Gasteiger partial charge in [-0.15, -0.1) is 0 Å². The lowest BCUT2D eigenvalue weighted by Gasteiger charge is -2.14. The molecule has 0 fully saturated rings. The predicted octanol–water partition coefficient (Wildman–Crippen LogP) is 26.4. The highest BCUT2D eigenvalue weighted by Crippen LogP contribution is 2.50. The molecule has 504 valence electrons. The normalized spacial score (nSPS) is 11.9. The lowest BCUT2D eigenvalue weighted by atomic mass is 9.93. The van der Waals surface area contributed by atoms with Crippen LogP contribution in [0.1, 0.15) is 0 Å². The molecule has 0 saturated carbocycles. The van der Waals surface area contributed by atoms with E-state index in [1.54, 1.807) is 0 Å². The minimum Gasteiger partial charge on any atom is -0.309 e. The Kier molecular flexibility index (Phi) is 13.9. The van der Waals surface area contributed by atoms with Crippen LogP contribution in [0.15, 0.2) is 395 Å². The van der Waals surface area contributed by atoms with Gasteiger partial charge in [0.2, 0.25) is 0 Å². The van der Waals surface area contributed by atoms with Crippen molar-refractivity contribution in [1.29, 1.82) is 0 Å². The summed E-state index contributed by atoms with van der Waals surface area (Å²) in [4.78, 5) is 4.60. The van der Waals surface area contributed by atoms with E-state index in [0.29, 0.717) is 0 Å². The second-order valence-electron chi connectivity index (χ2n) is 28.1. The van der Waals surface area contributed by atoms with Gasteiger partial charge in [0.1, 0.15) is 0 Å². The summed E-state index contributed by atoms with van der Waals surface area (Å²) in [5, 5.41) is 14.8. The van der Waals surface area contributed by atoms with Gasteiger partial charge in [0.15, 0.2) is 0 Å². The standard InChI is InChI=1S/C54H35N3.C47H30N4/c1-4-19-39(20-5-1)55-48-28-13-10-25-42(48)46-34-37(31-32-51(46)55)36-17-16-18-38(33-36)45-35-47-43-26-11-14-29-49(43)56(40-21-6-2-7-22-40)53(47)54-52(45)44-27-12-15-30-50(44)57(54)41-23-8-3-9-24-41;1-3-14-32(15-4-1)49-41-22-10-7-19-35(41)39-28-31(25-26-44(39)49)38-29-40-36-20-8-11-23-42(36)50(33-16-5-2-6-17-33)46(40)47-45(38)37-21-9-12-24-43(37)51(47)34-18-13-27-48-30-34/h1-35H;1-30H. The summed E-state index contributed by atoms with van der Waals surface area (Å²) in [5.74, 6) is 0. The van der Waals surface area contributed by atoms with Crippen LogP contribution in [0.25, 0.3) is 198 Å². The molecular formula is C101H65N7. The number of para-hydroxylation sites is 11. The topological polar surface area (TPSA) is 42.5 Å². The van der Waals surface area contributed by atoms with Crippen molar-refractivity contribution < 1.29 is 0 Å². The van der Waals surface area contributed by atoms with Gasteiger partial charge in [-0.05, 0) is 185 Å². The van der Waals surface area contributed by atoms with E-state index in [4.69, 9.17) is 0 Å². The molecule has 7 heteroatoms. The fraction of sp³-hybridized carbons (Fsp3) is 0.